The van der Waals surface area contributed by atoms with Crippen molar-refractivity contribution in [3.8, 4) is 11.8 Å². The maximum absolute atomic E-state index is 13.5. The number of nitrogens with one attached hydrogen (secondary N) is 1. The molecule has 0 amide bonds. The van der Waals surface area contributed by atoms with Gasteiger partial charge in [-0.05, 0) is 36.4 Å². The van der Waals surface area contributed by atoms with Gasteiger partial charge in [-0.2, -0.15) is 5.26 Å². The molecule has 1 N–H and O–H groups in total. The molecule has 2 aromatic carbocycles. The number of ether oxygens (including phenoxy) is 1. The van der Waals surface area contributed by atoms with Gasteiger partial charge in [-0.3, -0.25) is 4.72 Å². The minimum Gasteiger partial charge on any atom is -0.479 e. The lowest BCUT2D eigenvalue weighted by atomic mass is 10.3. The van der Waals surface area contributed by atoms with Crippen LogP contribution in [0.1, 0.15) is 0 Å². The Morgan fingerprint density at radius 3 is 2.43 bits per heavy atom. The Balaban J connectivity index is 2.18. The molecule has 0 heterocycles. The van der Waals surface area contributed by atoms with Gasteiger partial charge in [0, 0.05) is 5.69 Å². The van der Waals surface area contributed by atoms with Crippen LogP contribution in [0.25, 0.3) is 0 Å². The van der Waals surface area contributed by atoms with Crippen LogP contribution in [-0.2, 0) is 10.0 Å². The van der Waals surface area contributed by atoms with Crippen LogP contribution in [0.3, 0.4) is 0 Å². The van der Waals surface area contributed by atoms with Crippen molar-refractivity contribution >= 4 is 15.7 Å². The van der Waals surface area contributed by atoms with E-state index in [1.54, 1.807) is 0 Å². The van der Waals surface area contributed by atoms with Crippen molar-refractivity contribution in [1.29, 1.82) is 5.26 Å². The molecule has 2 rings (SSSR count). The summed E-state index contributed by atoms with van der Waals surface area (Å²) in [6.45, 7) is -0.0969. The molecule has 0 radical (unpaired) electrons. The molecule has 5 nitrogen and oxygen atoms in total. The van der Waals surface area contributed by atoms with Gasteiger partial charge in [-0.1, -0.05) is 12.1 Å². The summed E-state index contributed by atoms with van der Waals surface area (Å²) in [7, 11) is -3.99. The van der Waals surface area contributed by atoms with Crippen molar-refractivity contribution in [3.63, 3.8) is 0 Å². The predicted molar refractivity (Wildman–Crippen MR) is 74.8 cm³/mol. The average Bonchev–Trinajstić information content (AvgIpc) is 2.46. The Kier molecular flexibility index (Phi) is 4.40. The zero-order valence-electron chi connectivity index (χ0n) is 10.8. The molecule has 108 valence electrons. The van der Waals surface area contributed by atoms with Crippen LogP contribution in [0.2, 0.25) is 0 Å². The third kappa shape index (κ3) is 3.70. The van der Waals surface area contributed by atoms with Crippen LogP contribution >= 0.6 is 0 Å². The van der Waals surface area contributed by atoms with E-state index in [1.165, 1.54) is 42.5 Å². The number of hydrogen-bond donors (Lipinski definition) is 1. The van der Waals surface area contributed by atoms with Crippen molar-refractivity contribution in [1.82, 2.24) is 0 Å². The molecular formula is C14H11FN2O3S. The van der Waals surface area contributed by atoms with Crippen LogP contribution < -0.4 is 9.46 Å². The van der Waals surface area contributed by atoms with E-state index in [4.69, 9.17) is 10.00 Å². The van der Waals surface area contributed by atoms with E-state index in [0.717, 1.165) is 6.07 Å². The highest BCUT2D eigenvalue weighted by Crippen LogP contribution is 2.20. The smallest absolute Gasteiger partial charge is 0.264 e. The fraction of sp³-hybridized carbons (Fsp3) is 0.0714. The fourth-order valence-electron chi connectivity index (χ4n) is 1.61. The standard InChI is InChI=1S/C14H11FN2O3S/c15-13-3-1-2-4-14(13)21(18,19)17-11-5-7-12(8-6-11)20-10-9-16/h1-8,17H,10H2. The van der Waals surface area contributed by atoms with E-state index in [1.807, 2.05) is 6.07 Å². The second-order valence-corrected chi connectivity index (χ2v) is 5.66. The second-order valence-electron chi connectivity index (χ2n) is 4.01. The van der Waals surface area contributed by atoms with E-state index in [9.17, 15) is 12.8 Å². The van der Waals surface area contributed by atoms with Gasteiger partial charge in [0.2, 0.25) is 0 Å². The van der Waals surface area contributed by atoms with Gasteiger partial charge in [0.05, 0.1) is 0 Å². The summed E-state index contributed by atoms with van der Waals surface area (Å²) in [5, 5.41) is 8.38. The number of hydrogen-bond acceptors (Lipinski definition) is 4. The molecule has 0 unspecified atom stereocenters. The highest BCUT2D eigenvalue weighted by molar-refractivity contribution is 7.92. The van der Waals surface area contributed by atoms with Gasteiger partial charge in [0.25, 0.3) is 10.0 Å². The molecule has 0 fully saturated rings. The van der Waals surface area contributed by atoms with Crippen LogP contribution in [0.15, 0.2) is 53.4 Å². The van der Waals surface area contributed by atoms with Gasteiger partial charge in [0.1, 0.15) is 22.5 Å². The molecule has 0 aromatic heterocycles. The highest BCUT2D eigenvalue weighted by atomic mass is 32.2. The number of nitrogens with zero attached hydrogens (tertiary/aromatic N) is 1. The molecule has 0 saturated heterocycles. The highest BCUT2D eigenvalue weighted by Gasteiger charge is 2.18. The Morgan fingerprint density at radius 1 is 1.14 bits per heavy atom. The summed E-state index contributed by atoms with van der Waals surface area (Å²) in [4.78, 5) is -0.421. The molecular weight excluding hydrogens is 295 g/mol. The summed E-state index contributed by atoms with van der Waals surface area (Å²) >= 11 is 0. The lowest BCUT2D eigenvalue weighted by Gasteiger charge is -2.09. The second kappa shape index (κ2) is 6.24. The summed E-state index contributed by atoms with van der Waals surface area (Å²) < 4.78 is 44.9. The van der Waals surface area contributed by atoms with E-state index < -0.39 is 20.7 Å². The van der Waals surface area contributed by atoms with Crippen LogP contribution in [0, 0.1) is 17.1 Å². The zero-order valence-corrected chi connectivity index (χ0v) is 11.6. The van der Waals surface area contributed by atoms with E-state index in [2.05, 4.69) is 4.72 Å². The quantitative estimate of drug-likeness (QED) is 0.920. The zero-order chi connectivity index (χ0) is 15.3. The number of anilines is 1. The van der Waals surface area contributed by atoms with Crippen molar-refractivity contribution in [3.05, 3.63) is 54.3 Å². The van der Waals surface area contributed by atoms with Crippen LogP contribution in [-0.4, -0.2) is 15.0 Å². The number of benzene rings is 2. The maximum Gasteiger partial charge on any atom is 0.264 e. The maximum atomic E-state index is 13.5. The molecule has 0 aliphatic carbocycles. The number of nitriles is 1. The molecule has 21 heavy (non-hydrogen) atoms. The molecule has 0 bridgehead atoms. The predicted octanol–water partition coefficient (Wildman–Crippen LogP) is 2.53. The summed E-state index contributed by atoms with van der Waals surface area (Å²) in [6.07, 6.45) is 0. The minimum atomic E-state index is -3.99. The third-order valence-electron chi connectivity index (χ3n) is 2.54. The van der Waals surface area contributed by atoms with E-state index in [0.29, 0.717) is 5.75 Å². The van der Waals surface area contributed by atoms with E-state index in [-0.39, 0.29) is 12.3 Å². The first-order valence-electron chi connectivity index (χ1n) is 5.90. The summed E-state index contributed by atoms with van der Waals surface area (Å²) in [5.41, 5.74) is 0.266. The SMILES string of the molecule is N#CCOc1ccc(NS(=O)(=O)c2ccccc2F)cc1. The first kappa shape index (κ1) is 14.8. The van der Waals surface area contributed by atoms with Gasteiger partial charge >= 0.3 is 0 Å². The van der Waals surface area contributed by atoms with Gasteiger partial charge in [0.15, 0.2) is 6.61 Å². The Bertz CT molecular complexity index is 768. The van der Waals surface area contributed by atoms with Crippen LogP contribution in [0.4, 0.5) is 10.1 Å². The third-order valence-corrected chi connectivity index (χ3v) is 3.95. The van der Waals surface area contributed by atoms with Crippen LogP contribution in [0.5, 0.6) is 5.75 Å². The topological polar surface area (TPSA) is 79.2 Å². The molecule has 0 aliphatic heterocycles. The molecule has 0 saturated carbocycles. The first-order valence-corrected chi connectivity index (χ1v) is 7.38. The molecule has 0 atom stereocenters. The first-order chi connectivity index (χ1) is 10.0. The molecule has 0 aliphatic rings. The summed E-state index contributed by atoms with van der Waals surface area (Å²) in [5.74, 6) is -0.385. The Labute approximate surface area is 121 Å². The lowest BCUT2D eigenvalue weighted by molar-refractivity contribution is 0.368. The molecule has 0 spiro atoms. The van der Waals surface area contributed by atoms with Crippen molar-refractivity contribution in [2.24, 2.45) is 0 Å². The van der Waals surface area contributed by atoms with Crippen molar-refractivity contribution in [2.45, 2.75) is 4.90 Å². The number of rotatable bonds is 5. The van der Waals surface area contributed by atoms with Gasteiger partial charge < -0.3 is 4.74 Å². The summed E-state index contributed by atoms with van der Waals surface area (Å²) in [6, 6.07) is 12.9. The molecule has 7 heteroatoms. The lowest BCUT2D eigenvalue weighted by Crippen LogP contribution is -2.14. The van der Waals surface area contributed by atoms with Gasteiger partial charge in [-0.25, -0.2) is 12.8 Å². The minimum absolute atomic E-state index is 0.0969. The van der Waals surface area contributed by atoms with Crippen molar-refractivity contribution in [2.75, 3.05) is 11.3 Å². The monoisotopic (exact) mass is 306 g/mol. The Hall–Kier alpha value is -2.59. The normalized spacial score (nSPS) is 10.7. The van der Waals surface area contributed by atoms with Crippen molar-refractivity contribution < 1.29 is 17.5 Å². The Morgan fingerprint density at radius 2 is 1.81 bits per heavy atom. The number of halogens is 1. The van der Waals surface area contributed by atoms with E-state index >= 15 is 0 Å². The fourth-order valence-corrected chi connectivity index (χ4v) is 2.75. The molecule has 2 aromatic rings. The van der Waals surface area contributed by atoms with Gasteiger partial charge in [-0.15, -0.1) is 0 Å². The largest absolute Gasteiger partial charge is 0.479 e. The average molecular weight is 306 g/mol. The number of sulfonamides is 1.